The maximum absolute atomic E-state index is 6.19. The molecule has 0 aromatic carbocycles. The van der Waals surface area contributed by atoms with Crippen LogP contribution in [0.25, 0.3) is 0 Å². The first-order chi connectivity index (χ1) is 8.66. The van der Waals surface area contributed by atoms with Crippen LogP contribution in [0, 0.1) is 6.92 Å². The quantitative estimate of drug-likeness (QED) is 0.867. The standard InChI is InChI=1S/C13H19N5/c1-9-6-10-11(14)4-3-5-12(10)18(9)7-13-16-15-8-17(13)2/h6,8,11H,3-5,7,14H2,1-2H3. The predicted molar refractivity (Wildman–Crippen MR) is 69.1 cm³/mol. The summed E-state index contributed by atoms with van der Waals surface area (Å²) < 4.78 is 4.30. The molecule has 2 N–H and O–H groups in total. The highest BCUT2D eigenvalue weighted by Gasteiger charge is 2.22. The monoisotopic (exact) mass is 245 g/mol. The second-order valence-electron chi connectivity index (χ2n) is 5.13. The number of aromatic nitrogens is 4. The minimum atomic E-state index is 0.202. The zero-order chi connectivity index (χ0) is 12.7. The van der Waals surface area contributed by atoms with Gasteiger partial charge in [-0.25, -0.2) is 0 Å². The summed E-state index contributed by atoms with van der Waals surface area (Å²) in [5.74, 6) is 0.982. The highest BCUT2D eigenvalue weighted by atomic mass is 15.3. The maximum atomic E-state index is 6.19. The first-order valence-electron chi connectivity index (χ1n) is 6.44. The number of rotatable bonds is 2. The van der Waals surface area contributed by atoms with Crippen molar-refractivity contribution in [3.63, 3.8) is 0 Å². The maximum Gasteiger partial charge on any atom is 0.152 e. The number of fused-ring (bicyclic) bond motifs is 1. The molecule has 1 aliphatic carbocycles. The number of hydrogen-bond donors (Lipinski definition) is 1. The van der Waals surface area contributed by atoms with Crippen molar-refractivity contribution in [3.05, 3.63) is 35.2 Å². The summed E-state index contributed by atoms with van der Waals surface area (Å²) in [6.07, 6.45) is 5.14. The van der Waals surface area contributed by atoms with Crippen molar-refractivity contribution in [3.8, 4) is 0 Å². The van der Waals surface area contributed by atoms with Gasteiger partial charge >= 0.3 is 0 Å². The largest absolute Gasteiger partial charge is 0.341 e. The zero-order valence-electron chi connectivity index (χ0n) is 10.9. The van der Waals surface area contributed by atoms with Gasteiger partial charge in [0, 0.05) is 24.5 Å². The van der Waals surface area contributed by atoms with Crippen LogP contribution in [0.1, 0.15) is 41.7 Å². The molecule has 2 aromatic rings. The van der Waals surface area contributed by atoms with Gasteiger partial charge in [-0.1, -0.05) is 0 Å². The van der Waals surface area contributed by atoms with Crippen molar-refractivity contribution in [1.82, 2.24) is 19.3 Å². The molecule has 0 saturated carbocycles. The Morgan fingerprint density at radius 3 is 3.06 bits per heavy atom. The van der Waals surface area contributed by atoms with E-state index in [4.69, 9.17) is 5.73 Å². The molecule has 0 saturated heterocycles. The molecular formula is C13H19N5. The predicted octanol–water partition coefficient (Wildman–Crippen LogP) is 1.31. The normalized spacial score (nSPS) is 18.9. The first-order valence-corrected chi connectivity index (χ1v) is 6.44. The summed E-state index contributed by atoms with van der Waals surface area (Å²) in [5.41, 5.74) is 10.2. The van der Waals surface area contributed by atoms with E-state index in [0.717, 1.165) is 25.2 Å². The third-order valence-electron chi connectivity index (χ3n) is 3.88. The van der Waals surface area contributed by atoms with Gasteiger partial charge in [0.05, 0.1) is 6.54 Å². The van der Waals surface area contributed by atoms with Crippen LogP contribution < -0.4 is 5.73 Å². The summed E-state index contributed by atoms with van der Waals surface area (Å²) in [7, 11) is 1.98. The van der Waals surface area contributed by atoms with Gasteiger partial charge in [-0.3, -0.25) is 0 Å². The average molecular weight is 245 g/mol. The molecular weight excluding hydrogens is 226 g/mol. The molecule has 0 aliphatic heterocycles. The molecule has 1 aliphatic rings. The third-order valence-corrected chi connectivity index (χ3v) is 3.88. The van der Waals surface area contributed by atoms with Crippen molar-refractivity contribution in [2.75, 3.05) is 0 Å². The Kier molecular flexibility index (Phi) is 2.70. The Hall–Kier alpha value is -1.62. The SMILES string of the molecule is Cc1cc2c(n1Cc1nncn1C)CCCC2N. The van der Waals surface area contributed by atoms with Gasteiger partial charge in [0.2, 0.25) is 0 Å². The molecule has 0 radical (unpaired) electrons. The lowest BCUT2D eigenvalue weighted by Gasteiger charge is -2.21. The van der Waals surface area contributed by atoms with Crippen LogP contribution in [0.3, 0.4) is 0 Å². The van der Waals surface area contributed by atoms with E-state index in [1.165, 1.54) is 23.4 Å². The van der Waals surface area contributed by atoms with E-state index in [1.807, 2.05) is 11.6 Å². The van der Waals surface area contributed by atoms with E-state index in [1.54, 1.807) is 6.33 Å². The van der Waals surface area contributed by atoms with Crippen LogP contribution >= 0.6 is 0 Å². The van der Waals surface area contributed by atoms with Gasteiger partial charge in [-0.15, -0.1) is 10.2 Å². The van der Waals surface area contributed by atoms with Crippen molar-refractivity contribution >= 4 is 0 Å². The van der Waals surface area contributed by atoms with E-state index in [-0.39, 0.29) is 6.04 Å². The summed E-state index contributed by atoms with van der Waals surface area (Å²) >= 11 is 0. The fourth-order valence-corrected chi connectivity index (χ4v) is 2.81. The molecule has 0 spiro atoms. The summed E-state index contributed by atoms with van der Waals surface area (Å²) in [6, 6.07) is 2.43. The summed E-state index contributed by atoms with van der Waals surface area (Å²) in [4.78, 5) is 0. The lowest BCUT2D eigenvalue weighted by molar-refractivity contribution is 0.541. The molecule has 2 aromatic heterocycles. The second kappa shape index (κ2) is 4.24. The van der Waals surface area contributed by atoms with Crippen LogP contribution in [0.2, 0.25) is 0 Å². The molecule has 0 amide bonds. The number of hydrogen-bond acceptors (Lipinski definition) is 3. The number of nitrogens with zero attached hydrogens (tertiary/aromatic N) is 4. The van der Waals surface area contributed by atoms with E-state index in [0.29, 0.717) is 0 Å². The average Bonchev–Trinajstić information content (AvgIpc) is 2.87. The van der Waals surface area contributed by atoms with Gasteiger partial charge in [0.1, 0.15) is 6.33 Å². The van der Waals surface area contributed by atoms with Crippen molar-refractivity contribution in [2.45, 2.75) is 38.8 Å². The Labute approximate surface area is 107 Å². The van der Waals surface area contributed by atoms with Crippen LogP contribution in [-0.4, -0.2) is 19.3 Å². The summed E-state index contributed by atoms with van der Waals surface area (Å²) in [5, 5.41) is 8.09. The smallest absolute Gasteiger partial charge is 0.152 e. The van der Waals surface area contributed by atoms with Gasteiger partial charge in [0.15, 0.2) is 5.82 Å². The van der Waals surface area contributed by atoms with E-state index in [2.05, 4.69) is 27.8 Å². The Balaban J connectivity index is 2.00. The fraction of sp³-hybridized carbons (Fsp3) is 0.538. The van der Waals surface area contributed by atoms with Gasteiger partial charge < -0.3 is 14.9 Å². The lowest BCUT2D eigenvalue weighted by atomic mass is 9.93. The molecule has 5 heteroatoms. The molecule has 1 unspecified atom stereocenters. The molecule has 96 valence electrons. The Morgan fingerprint density at radius 1 is 1.50 bits per heavy atom. The van der Waals surface area contributed by atoms with Gasteiger partial charge in [-0.05, 0) is 37.8 Å². The molecule has 2 heterocycles. The van der Waals surface area contributed by atoms with Crippen molar-refractivity contribution < 1.29 is 0 Å². The Morgan fingerprint density at radius 2 is 2.33 bits per heavy atom. The van der Waals surface area contributed by atoms with Crippen LogP contribution in [-0.2, 0) is 20.0 Å². The lowest BCUT2D eigenvalue weighted by Crippen LogP contribution is -2.19. The first kappa shape index (κ1) is 11.5. The molecule has 0 fully saturated rings. The van der Waals surface area contributed by atoms with E-state index in [9.17, 15) is 0 Å². The zero-order valence-corrected chi connectivity index (χ0v) is 10.9. The third kappa shape index (κ3) is 1.75. The van der Waals surface area contributed by atoms with Crippen molar-refractivity contribution in [2.24, 2.45) is 12.8 Å². The number of nitrogens with two attached hydrogens (primary N) is 1. The molecule has 18 heavy (non-hydrogen) atoms. The highest BCUT2D eigenvalue weighted by Crippen LogP contribution is 2.30. The van der Waals surface area contributed by atoms with Crippen LogP contribution in [0.15, 0.2) is 12.4 Å². The fourth-order valence-electron chi connectivity index (χ4n) is 2.81. The number of aryl methyl sites for hydroxylation is 2. The van der Waals surface area contributed by atoms with E-state index >= 15 is 0 Å². The molecule has 3 rings (SSSR count). The molecule has 5 nitrogen and oxygen atoms in total. The molecule has 1 atom stereocenters. The highest BCUT2D eigenvalue weighted by molar-refractivity contribution is 5.33. The minimum absolute atomic E-state index is 0.202. The summed E-state index contributed by atoms with van der Waals surface area (Å²) in [6.45, 7) is 2.92. The topological polar surface area (TPSA) is 61.7 Å². The van der Waals surface area contributed by atoms with Crippen LogP contribution in [0.5, 0.6) is 0 Å². The second-order valence-corrected chi connectivity index (χ2v) is 5.13. The van der Waals surface area contributed by atoms with Gasteiger partial charge in [0.25, 0.3) is 0 Å². The minimum Gasteiger partial charge on any atom is -0.341 e. The Bertz CT molecular complexity index is 566. The van der Waals surface area contributed by atoms with E-state index < -0.39 is 0 Å². The van der Waals surface area contributed by atoms with Crippen molar-refractivity contribution in [1.29, 1.82) is 0 Å². The molecule has 0 bridgehead atoms. The van der Waals surface area contributed by atoms with Crippen LogP contribution in [0.4, 0.5) is 0 Å². The van der Waals surface area contributed by atoms with Gasteiger partial charge in [-0.2, -0.15) is 0 Å².